The second-order valence-electron chi connectivity index (χ2n) is 6.93. The summed E-state index contributed by atoms with van der Waals surface area (Å²) in [4.78, 5) is 18.7. The molecule has 1 saturated heterocycles. The molecule has 0 radical (unpaired) electrons. The fourth-order valence-electron chi connectivity index (χ4n) is 3.27. The van der Waals surface area contributed by atoms with Gasteiger partial charge in [-0.25, -0.2) is 4.99 Å². The highest BCUT2D eigenvalue weighted by Gasteiger charge is 2.23. The number of carbonyl (C=O) groups excluding carboxylic acids is 1. The SMILES string of the molecule is CCNC(=NCc1ccc(COCC)cc1)N1CCC(CC(=O)NC)CC1. The van der Waals surface area contributed by atoms with Crippen LogP contribution in [0.3, 0.4) is 0 Å². The average molecular weight is 375 g/mol. The van der Waals surface area contributed by atoms with Gasteiger partial charge in [-0.2, -0.15) is 0 Å². The van der Waals surface area contributed by atoms with E-state index >= 15 is 0 Å². The van der Waals surface area contributed by atoms with E-state index in [1.54, 1.807) is 7.05 Å². The van der Waals surface area contributed by atoms with Crippen molar-refractivity contribution < 1.29 is 9.53 Å². The van der Waals surface area contributed by atoms with Crippen molar-refractivity contribution in [2.45, 2.75) is 46.3 Å². The van der Waals surface area contributed by atoms with Gasteiger partial charge in [-0.05, 0) is 43.7 Å². The van der Waals surface area contributed by atoms with Crippen molar-refractivity contribution in [3.05, 3.63) is 35.4 Å². The van der Waals surface area contributed by atoms with Crippen LogP contribution >= 0.6 is 0 Å². The van der Waals surface area contributed by atoms with Gasteiger partial charge in [-0.1, -0.05) is 24.3 Å². The molecule has 0 aliphatic carbocycles. The minimum atomic E-state index is 0.141. The first-order valence-electron chi connectivity index (χ1n) is 10.1. The maximum absolute atomic E-state index is 11.6. The molecule has 27 heavy (non-hydrogen) atoms. The van der Waals surface area contributed by atoms with E-state index < -0.39 is 0 Å². The number of amides is 1. The van der Waals surface area contributed by atoms with Crippen LogP contribution in [0.15, 0.2) is 29.3 Å². The zero-order chi connectivity index (χ0) is 19.5. The smallest absolute Gasteiger partial charge is 0.220 e. The van der Waals surface area contributed by atoms with Crippen molar-refractivity contribution >= 4 is 11.9 Å². The second-order valence-corrected chi connectivity index (χ2v) is 6.93. The molecule has 1 fully saturated rings. The molecule has 0 saturated carbocycles. The first-order chi connectivity index (χ1) is 13.2. The Hall–Kier alpha value is -2.08. The summed E-state index contributed by atoms with van der Waals surface area (Å²) >= 11 is 0. The number of likely N-dealkylation sites (tertiary alicyclic amines) is 1. The van der Waals surface area contributed by atoms with E-state index in [0.717, 1.165) is 45.0 Å². The van der Waals surface area contributed by atoms with E-state index in [2.05, 4.69) is 46.7 Å². The predicted molar refractivity (Wildman–Crippen MR) is 110 cm³/mol. The zero-order valence-corrected chi connectivity index (χ0v) is 17.0. The van der Waals surface area contributed by atoms with Gasteiger partial charge in [0.1, 0.15) is 0 Å². The summed E-state index contributed by atoms with van der Waals surface area (Å²) < 4.78 is 5.44. The van der Waals surface area contributed by atoms with Gasteiger partial charge >= 0.3 is 0 Å². The van der Waals surface area contributed by atoms with Crippen LogP contribution in [0, 0.1) is 5.92 Å². The van der Waals surface area contributed by atoms with Crippen molar-refractivity contribution in [2.75, 3.05) is 33.3 Å². The number of ether oxygens (including phenoxy) is 1. The highest BCUT2D eigenvalue weighted by Crippen LogP contribution is 2.20. The minimum absolute atomic E-state index is 0.141. The summed E-state index contributed by atoms with van der Waals surface area (Å²) in [7, 11) is 1.71. The number of piperidine rings is 1. The fraction of sp³-hybridized carbons (Fsp3) is 0.619. The van der Waals surface area contributed by atoms with Crippen molar-refractivity contribution in [1.82, 2.24) is 15.5 Å². The molecule has 0 atom stereocenters. The first-order valence-corrected chi connectivity index (χ1v) is 10.1. The molecule has 1 amide bonds. The van der Waals surface area contributed by atoms with E-state index in [9.17, 15) is 4.79 Å². The summed E-state index contributed by atoms with van der Waals surface area (Å²) in [6.45, 7) is 8.90. The van der Waals surface area contributed by atoms with Crippen molar-refractivity contribution in [3.63, 3.8) is 0 Å². The van der Waals surface area contributed by atoms with Gasteiger partial charge < -0.3 is 20.3 Å². The first kappa shape index (κ1) is 21.2. The predicted octanol–water partition coefficient (Wildman–Crippen LogP) is 2.54. The van der Waals surface area contributed by atoms with Gasteiger partial charge in [-0.15, -0.1) is 0 Å². The number of benzene rings is 1. The van der Waals surface area contributed by atoms with Crippen molar-refractivity contribution in [1.29, 1.82) is 0 Å². The number of hydrogen-bond donors (Lipinski definition) is 2. The second kappa shape index (κ2) is 11.6. The Labute approximate surface area is 163 Å². The molecular formula is C21H34N4O2. The topological polar surface area (TPSA) is 66.0 Å². The maximum Gasteiger partial charge on any atom is 0.220 e. The Morgan fingerprint density at radius 1 is 1.19 bits per heavy atom. The monoisotopic (exact) mass is 374 g/mol. The molecule has 1 aliphatic heterocycles. The Morgan fingerprint density at radius 3 is 2.44 bits per heavy atom. The molecule has 2 N–H and O–H groups in total. The number of carbonyl (C=O) groups is 1. The van der Waals surface area contributed by atoms with Gasteiger partial charge in [-0.3, -0.25) is 4.79 Å². The lowest BCUT2D eigenvalue weighted by Crippen LogP contribution is -2.46. The molecule has 0 spiro atoms. The van der Waals surface area contributed by atoms with Gasteiger partial charge in [0.05, 0.1) is 13.2 Å². The molecule has 1 heterocycles. The summed E-state index contributed by atoms with van der Waals surface area (Å²) in [5.74, 6) is 1.58. The number of hydrogen-bond acceptors (Lipinski definition) is 3. The van der Waals surface area contributed by atoms with Crippen molar-refractivity contribution in [3.8, 4) is 0 Å². The quantitative estimate of drug-likeness (QED) is 0.542. The van der Waals surface area contributed by atoms with Crippen LogP contribution < -0.4 is 10.6 Å². The molecule has 150 valence electrons. The summed E-state index contributed by atoms with van der Waals surface area (Å²) in [5, 5.41) is 6.13. The van der Waals surface area contributed by atoms with E-state index in [1.807, 2.05) is 6.92 Å². The lowest BCUT2D eigenvalue weighted by molar-refractivity contribution is -0.121. The van der Waals surface area contributed by atoms with E-state index in [-0.39, 0.29) is 5.91 Å². The minimum Gasteiger partial charge on any atom is -0.377 e. The molecule has 6 heteroatoms. The molecule has 0 bridgehead atoms. The third-order valence-electron chi connectivity index (χ3n) is 4.91. The number of nitrogens with one attached hydrogen (secondary N) is 2. The van der Waals surface area contributed by atoms with Crippen LogP contribution in [0.4, 0.5) is 0 Å². The molecule has 2 rings (SSSR count). The van der Waals surface area contributed by atoms with E-state index in [0.29, 0.717) is 25.5 Å². The molecule has 6 nitrogen and oxygen atoms in total. The van der Waals surface area contributed by atoms with Crippen LogP contribution in [-0.4, -0.2) is 50.1 Å². The molecule has 1 aliphatic rings. The molecule has 1 aromatic carbocycles. The van der Waals surface area contributed by atoms with Gasteiger partial charge in [0, 0.05) is 39.7 Å². The molecule has 1 aromatic rings. The molecule has 0 aromatic heterocycles. The third-order valence-corrected chi connectivity index (χ3v) is 4.91. The fourth-order valence-corrected chi connectivity index (χ4v) is 3.27. The van der Waals surface area contributed by atoms with E-state index in [1.165, 1.54) is 11.1 Å². The Balaban J connectivity index is 1.89. The van der Waals surface area contributed by atoms with Gasteiger partial charge in [0.15, 0.2) is 5.96 Å². The molecule has 0 unspecified atom stereocenters. The Morgan fingerprint density at radius 2 is 1.85 bits per heavy atom. The number of aliphatic imine (C=N–C) groups is 1. The zero-order valence-electron chi connectivity index (χ0n) is 17.0. The van der Waals surface area contributed by atoms with Crippen LogP contribution in [0.25, 0.3) is 0 Å². The van der Waals surface area contributed by atoms with Crippen LogP contribution in [0.1, 0.15) is 44.2 Å². The number of nitrogens with zero attached hydrogens (tertiary/aromatic N) is 2. The Bertz CT molecular complexity index is 593. The third kappa shape index (κ3) is 7.21. The summed E-state index contributed by atoms with van der Waals surface area (Å²) in [6, 6.07) is 8.46. The number of rotatable bonds is 8. The lowest BCUT2D eigenvalue weighted by atomic mass is 9.93. The Kier molecular flexibility index (Phi) is 9.11. The molecular weight excluding hydrogens is 340 g/mol. The highest BCUT2D eigenvalue weighted by atomic mass is 16.5. The average Bonchev–Trinajstić information content (AvgIpc) is 2.71. The normalized spacial score (nSPS) is 15.7. The number of guanidine groups is 1. The maximum atomic E-state index is 11.6. The largest absolute Gasteiger partial charge is 0.377 e. The van der Waals surface area contributed by atoms with E-state index in [4.69, 9.17) is 9.73 Å². The highest BCUT2D eigenvalue weighted by molar-refractivity contribution is 5.80. The van der Waals surface area contributed by atoms with Gasteiger partial charge in [0.2, 0.25) is 5.91 Å². The van der Waals surface area contributed by atoms with Crippen LogP contribution in [-0.2, 0) is 22.7 Å². The van der Waals surface area contributed by atoms with Crippen LogP contribution in [0.5, 0.6) is 0 Å². The standard InChI is InChI=1S/C21H34N4O2/c1-4-23-21(25-12-10-17(11-13-25)14-20(26)22-3)24-15-18-6-8-19(9-7-18)16-27-5-2/h6-9,17H,4-5,10-16H2,1-3H3,(H,22,26)(H,23,24). The van der Waals surface area contributed by atoms with Crippen molar-refractivity contribution in [2.24, 2.45) is 10.9 Å². The summed E-state index contributed by atoms with van der Waals surface area (Å²) in [6.07, 6.45) is 2.69. The van der Waals surface area contributed by atoms with Crippen LogP contribution in [0.2, 0.25) is 0 Å². The van der Waals surface area contributed by atoms with Gasteiger partial charge in [0.25, 0.3) is 0 Å². The lowest BCUT2D eigenvalue weighted by Gasteiger charge is -2.34. The summed E-state index contributed by atoms with van der Waals surface area (Å²) in [5.41, 5.74) is 2.38.